The Morgan fingerprint density at radius 3 is 2.21 bits per heavy atom. The van der Waals surface area contributed by atoms with Crippen molar-refractivity contribution in [1.29, 1.82) is 0 Å². The molecule has 3 aromatic carbocycles. The van der Waals surface area contributed by atoms with Gasteiger partial charge in [0.05, 0.1) is 5.69 Å². The third-order valence-electron chi connectivity index (χ3n) is 6.08. The Hall–Kier alpha value is -4.24. The van der Waals surface area contributed by atoms with Crippen LogP contribution in [-0.4, -0.2) is 9.97 Å². The molecule has 0 bridgehead atoms. The molecule has 0 N–H and O–H groups in total. The largest absolute Gasteiger partial charge is 0.437 e. The van der Waals surface area contributed by atoms with Gasteiger partial charge < -0.3 is 4.42 Å². The summed E-state index contributed by atoms with van der Waals surface area (Å²) in [4.78, 5) is 9.57. The summed E-state index contributed by atoms with van der Waals surface area (Å²) in [5, 5.41) is 2.11. The van der Waals surface area contributed by atoms with Crippen LogP contribution in [0.1, 0.15) is 11.3 Å². The lowest BCUT2D eigenvalue weighted by atomic mass is 10.0. The molecule has 0 atom stereocenters. The molecule has 0 unspecified atom stereocenters. The molecule has 3 heterocycles. The lowest BCUT2D eigenvalue weighted by molar-refractivity contribution is 0.651. The number of rotatable bonds is 5. The molecule has 0 saturated carbocycles. The number of aryl methyl sites for hydroxylation is 2. The summed E-state index contributed by atoms with van der Waals surface area (Å²) in [5.74, 6) is 0. The first-order valence-electron chi connectivity index (χ1n) is 11.2. The van der Waals surface area contributed by atoms with Crippen LogP contribution in [-0.2, 0) is 12.8 Å². The van der Waals surface area contributed by atoms with Crippen LogP contribution in [0.2, 0.25) is 0 Å². The molecule has 33 heavy (non-hydrogen) atoms. The SMILES string of the molecule is c1ccc(CCc2ccc3c(n2)oc2c(-c4ccc(-c5ccccc5)cn4)cccc23)cc1. The first kappa shape index (κ1) is 19.4. The fraction of sp³-hybridized carbons (Fsp3) is 0.0667. The summed E-state index contributed by atoms with van der Waals surface area (Å²) in [5.41, 5.74) is 8.00. The zero-order chi connectivity index (χ0) is 22.0. The van der Waals surface area contributed by atoms with E-state index in [0.717, 1.165) is 57.3 Å². The van der Waals surface area contributed by atoms with Gasteiger partial charge in [0.15, 0.2) is 0 Å². The molecule has 0 aliphatic rings. The molecule has 3 nitrogen and oxygen atoms in total. The van der Waals surface area contributed by atoms with Crippen molar-refractivity contribution >= 4 is 22.1 Å². The summed E-state index contributed by atoms with van der Waals surface area (Å²) in [7, 11) is 0. The Bertz CT molecular complexity index is 1540. The predicted molar refractivity (Wildman–Crippen MR) is 134 cm³/mol. The van der Waals surface area contributed by atoms with Gasteiger partial charge in [-0.25, -0.2) is 4.98 Å². The average molecular weight is 427 g/mol. The fourth-order valence-corrected chi connectivity index (χ4v) is 4.33. The number of hydrogen-bond acceptors (Lipinski definition) is 3. The van der Waals surface area contributed by atoms with E-state index in [-0.39, 0.29) is 0 Å². The van der Waals surface area contributed by atoms with Crippen molar-refractivity contribution in [2.24, 2.45) is 0 Å². The Morgan fingerprint density at radius 1 is 0.606 bits per heavy atom. The number of nitrogens with zero attached hydrogens (tertiary/aromatic N) is 2. The molecular formula is C30H22N2O. The summed E-state index contributed by atoms with van der Waals surface area (Å²) in [6, 6.07) is 35.4. The van der Waals surface area contributed by atoms with Gasteiger partial charge in [0.25, 0.3) is 0 Å². The Kier molecular flexibility index (Phi) is 4.93. The second-order valence-electron chi connectivity index (χ2n) is 8.22. The van der Waals surface area contributed by atoms with Gasteiger partial charge in [-0.2, -0.15) is 0 Å². The quantitative estimate of drug-likeness (QED) is 0.286. The third kappa shape index (κ3) is 3.79. The maximum Gasteiger partial charge on any atom is 0.227 e. The monoisotopic (exact) mass is 426 g/mol. The maximum atomic E-state index is 6.29. The minimum absolute atomic E-state index is 0.684. The van der Waals surface area contributed by atoms with Gasteiger partial charge in [0.2, 0.25) is 5.71 Å². The molecule has 0 aliphatic heterocycles. The first-order chi connectivity index (χ1) is 16.3. The van der Waals surface area contributed by atoms with E-state index >= 15 is 0 Å². The number of furan rings is 1. The van der Waals surface area contributed by atoms with Crippen LogP contribution in [0.25, 0.3) is 44.5 Å². The van der Waals surface area contributed by atoms with E-state index < -0.39 is 0 Å². The zero-order valence-corrected chi connectivity index (χ0v) is 18.1. The van der Waals surface area contributed by atoms with Crippen molar-refractivity contribution in [3.05, 3.63) is 121 Å². The van der Waals surface area contributed by atoms with Gasteiger partial charge >= 0.3 is 0 Å². The molecule has 0 amide bonds. The van der Waals surface area contributed by atoms with Gasteiger partial charge in [-0.15, -0.1) is 0 Å². The molecule has 0 aliphatic carbocycles. The number of hydrogen-bond donors (Lipinski definition) is 0. The van der Waals surface area contributed by atoms with Crippen LogP contribution in [0.4, 0.5) is 0 Å². The van der Waals surface area contributed by atoms with E-state index in [0.29, 0.717) is 5.71 Å². The van der Waals surface area contributed by atoms with Crippen LogP contribution in [0.3, 0.4) is 0 Å². The highest BCUT2D eigenvalue weighted by molar-refractivity contribution is 6.08. The first-order valence-corrected chi connectivity index (χ1v) is 11.2. The highest BCUT2D eigenvalue weighted by Gasteiger charge is 2.14. The van der Waals surface area contributed by atoms with Crippen molar-refractivity contribution in [3.63, 3.8) is 0 Å². The maximum absolute atomic E-state index is 6.29. The molecule has 0 saturated heterocycles. The van der Waals surface area contributed by atoms with Crippen LogP contribution >= 0.6 is 0 Å². The van der Waals surface area contributed by atoms with E-state index in [1.807, 2.05) is 30.5 Å². The Morgan fingerprint density at radius 2 is 1.42 bits per heavy atom. The van der Waals surface area contributed by atoms with E-state index in [1.165, 1.54) is 5.56 Å². The molecule has 3 aromatic heterocycles. The predicted octanol–water partition coefficient (Wildman–Crippen LogP) is 7.50. The standard InChI is InChI=1S/C30H22N2O/c1-3-8-21(9-4-1)14-16-24-17-18-26-25-12-7-13-27(29(25)33-30(26)32-24)28-19-15-23(20-31-28)22-10-5-2-6-11-22/h1-13,15,17-20H,14,16H2. The number of para-hydroxylation sites is 1. The van der Waals surface area contributed by atoms with Crippen molar-refractivity contribution in [3.8, 4) is 22.4 Å². The summed E-state index contributed by atoms with van der Waals surface area (Å²) < 4.78 is 6.29. The summed E-state index contributed by atoms with van der Waals surface area (Å²) >= 11 is 0. The van der Waals surface area contributed by atoms with Crippen molar-refractivity contribution in [1.82, 2.24) is 9.97 Å². The van der Waals surface area contributed by atoms with Crippen LogP contribution in [0.15, 0.2) is 114 Å². The molecule has 6 aromatic rings. The summed E-state index contributed by atoms with van der Waals surface area (Å²) in [6.07, 6.45) is 3.76. The van der Waals surface area contributed by atoms with Crippen LogP contribution < -0.4 is 0 Å². The van der Waals surface area contributed by atoms with Gasteiger partial charge in [-0.3, -0.25) is 4.98 Å². The van der Waals surface area contributed by atoms with Crippen molar-refractivity contribution in [2.75, 3.05) is 0 Å². The van der Waals surface area contributed by atoms with E-state index in [9.17, 15) is 0 Å². The number of benzene rings is 3. The minimum Gasteiger partial charge on any atom is -0.437 e. The number of aromatic nitrogens is 2. The Balaban J connectivity index is 1.35. The smallest absolute Gasteiger partial charge is 0.227 e. The lowest BCUT2D eigenvalue weighted by Crippen LogP contribution is -1.93. The second kappa shape index (κ2) is 8.36. The topological polar surface area (TPSA) is 38.9 Å². The molecule has 3 heteroatoms. The highest BCUT2D eigenvalue weighted by atomic mass is 16.3. The molecule has 0 radical (unpaired) electrons. The fourth-order valence-electron chi connectivity index (χ4n) is 4.33. The Labute approximate surface area is 192 Å². The van der Waals surface area contributed by atoms with Gasteiger partial charge in [-0.1, -0.05) is 78.9 Å². The zero-order valence-electron chi connectivity index (χ0n) is 18.1. The average Bonchev–Trinajstić information content (AvgIpc) is 3.27. The number of pyridine rings is 2. The molecule has 0 spiro atoms. The van der Waals surface area contributed by atoms with Crippen LogP contribution in [0.5, 0.6) is 0 Å². The van der Waals surface area contributed by atoms with E-state index in [1.54, 1.807) is 0 Å². The van der Waals surface area contributed by atoms with Crippen molar-refractivity contribution < 1.29 is 4.42 Å². The van der Waals surface area contributed by atoms with Crippen LogP contribution in [0, 0.1) is 0 Å². The van der Waals surface area contributed by atoms with Crippen molar-refractivity contribution in [2.45, 2.75) is 12.8 Å². The lowest BCUT2D eigenvalue weighted by Gasteiger charge is -2.04. The second-order valence-corrected chi connectivity index (χ2v) is 8.22. The van der Waals surface area contributed by atoms with Gasteiger partial charge in [0.1, 0.15) is 5.58 Å². The number of fused-ring (bicyclic) bond motifs is 3. The van der Waals surface area contributed by atoms with E-state index in [2.05, 4.69) is 78.9 Å². The molecule has 0 fully saturated rings. The van der Waals surface area contributed by atoms with E-state index in [4.69, 9.17) is 14.4 Å². The molecule has 6 rings (SSSR count). The molecule has 158 valence electrons. The molecular weight excluding hydrogens is 404 g/mol. The van der Waals surface area contributed by atoms with Gasteiger partial charge in [-0.05, 0) is 48.2 Å². The summed E-state index contributed by atoms with van der Waals surface area (Å²) in [6.45, 7) is 0. The highest BCUT2D eigenvalue weighted by Crippen LogP contribution is 2.35. The third-order valence-corrected chi connectivity index (χ3v) is 6.08. The minimum atomic E-state index is 0.684. The normalized spacial score (nSPS) is 11.3. The van der Waals surface area contributed by atoms with Gasteiger partial charge in [0, 0.05) is 33.8 Å².